The molecule has 0 saturated carbocycles. The third-order valence-corrected chi connectivity index (χ3v) is 5.43. The molecular formula is C22H30N2O4S. The van der Waals surface area contributed by atoms with Gasteiger partial charge in [0, 0.05) is 5.56 Å². The highest BCUT2D eigenvalue weighted by atomic mass is 32.2. The van der Waals surface area contributed by atoms with Gasteiger partial charge in [0.05, 0.1) is 25.1 Å². The van der Waals surface area contributed by atoms with E-state index in [1.807, 2.05) is 19.9 Å². The molecule has 2 rings (SSSR count). The number of amides is 1. The summed E-state index contributed by atoms with van der Waals surface area (Å²) in [5, 5.41) is 3.03. The molecule has 0 aliphatic rings. The standard InChI is InChI=1S/C22H30N2O4S/c1-13(2)18-12-19(14(3)11-21(18)28-6)16(5)23-22(25)17-8-9-20(15(4)10-17)24-29(7,26)27/h8-13,16,24H,1-7H3,(H,23,25). The highest BCUT2D eigenvalue weighted by molar-refractivity contribution is 7.92. The van der Waals surface area contributed by atoms with Crippen molar-refractivity contribution in [3.8, 4) is 5.75 Å². The van der Waals surface area contributed by atoms with Crippen LogP contribution in [0.25, 0.3) is 0 Å². The van der Waals surface area contributed by atoms with Crippen LogP contribution in [0.5, 0.6) is 5.75 Å². The van der Waals surface area contributed by atoms with E-state index in [9.17, 15) is 13.2 Å². The van der Waals surface area contributed by atoms with Crippen LogP contribution >= 0.6 is 0 Å². The summed E-state index contributed by atoms with van der Waals surface area (Å²) in [6, 6.07) is 8.79. The number of benzene rings is 2. The number of ether oxygens (including phenoxy) is 1. The van der Waals surface area contributed by atoms with Crippen LogP contribution in [-0.4, -0.2) is 27.7 Å². The first-order valence-corrected chi connectivity index (χ1v) is 11.4. The second-order valence-corrected chi connectivity index (χ2v) is 9.45. The normalized spacial score (nSPS) is 12.6. The lowest BCUT2D eigenvalue weighted by Gasteiger charge is -2.21. The van der Waals surface area contributed by atoms with E-state index in [-0.39, 0.29) is 11.9 Å². The van der Waals surface area contributed by atoms with Crippen LogP contribution < -0.4 is 14.8 Å². The van der Waals surface area contributed by atoms with Gasteiger partial charge in [-0.25, -0.2) is 8.42 Å². The van der Waals surface area contributed by atoms with Crippen LogP contribution in [0.4, 0.5) is 5.69 Å². The Bertz CT molecular complexity index is 1010. The lowest BCUT2D eigenvalue weighted by atomic mass is 9.93. The van der Waals surface area contributed by atoms with E-state index in [1.54, 1.807) is 32.2 Å². The molecule has 1 amide bonds. The number of anilines is 1. The van der Waals surface area contributed by atoms with Crippen molar-refractivity contribution in [2.45, 2.75) is 46.6 Å². The summed E-state index contributed by atoms with van der Waals surface area (Å²) in [4.78, 5) is 12.8. The SMILES string of the molecule is COc1cc(C)c(C(C)NC(=O)c2ccc(NS(C)(=O)=O)c(C)c2)cc1C(C)C. The number of carbonyl (C=O) groups is 1. The summed E-state index contributed by atoms with van der Waals surface area (Å²) in [7, 11) is -1.71. The van der Waals surface area contributed by atoms with Crippen molar-refractivity contribution in [3.63, 3.8) is 0 Å². The quantitative estimate of drug-likeness (QED) is 0.702. The van der Waals surface area contributed by atoms with Crippen molar-refractivity contribution in [1.29, 1.82) is 0 Å². The van der Waals surface area contributed by atoms with Crippen molar-refractivity contribution < 1.29 is 17.9 Å². The summed E-state index contributed by atoms with van der Waals surface area (Å²) in [6.07, 6.45) is 1.09. The zero-order valence-corrected chi connectivity index (χ0v) is 18.9. The number of hydrogen-bond donors (Lipinski definition) is 2. The number of aryl methyl sites for hydroxylation is 2. The molecule has 2 aromatic rings. The largest absolute Gasteiger partial charge is 0.496 e. The Hall–Kier alpha value is -2.54. The van der Waals surface area contributed by atoms with Crippen molar-refractivity contribution in [2.24, 2.45) is 0 Å². The molecule has 0 fully saturated rings. The Morgan fingerprint density at radius 2 is 1.66 bits per heavy atom. The van der Waals surface area contributed by atoms with Crippen LogP contribution in [0.3, 0.4) is 0 Å². The lowest BCUT2D eigenvalue weighted by Crippen LogP contribution is -2.27. The predicted molar refractivity (Wildman–Crippen MR) is 117 cm³/mol. The topological polar surface area (TPSA) is 84.5 Å². The van der Waals surface area contributed by atoms with Gasteiger partial charge in [-0.2, -0.15) is 0 Å². The number of sulfonamides is 1. The van der Waals surface area contributed by atoms with E-state index in [2.05, 4.69) is 30.0 Å². The lowest BCUT2D eigenvalue weighted by molar-refractivity contribution is 0.0939. The maximum atomic E-state index is 12.8. The number of rotatable bonds is 7. The minimum Gasteiger partial charge on any atom is -0.496 e. The zero-order chi connectivity index (χ0) is 21.9. The van der Waals surface area contributed by atoms with Crippen LogP contribution in [0.1, 0.15) is 65.3 Å². The van der Waals surface area contributed by atoms with Crippen LogP contribution in [-0.2, 0) is 10.0 Å². The molecule has 0 spiro atoms. The summed E-state index contributed by atoms with van der Waals surface area (Å²) >= 11 is 0. The third-order valence-electron chi connectivity index (χ3n) is 4.84. The molecule has 0 radical (unpaired) electrons. The molecule has 0 bridgehead atoms. The van der Waals surface area contributed by atoms with Gasteiger partial charge < -0.3 is 10.1 Å². The molecule has 0 heterocycles. The van der Waals surface area contributed by atoms with Gasteiger partial charge in [-0.1, -0.05) is 13.8 Å². The predicted octanol–water partition coefficient (Wildman–Crippen LogP) is 4.30. The summed E-state index contributed by atoms with van der Waals surface area (Å²) in [6.45, 7) is 9.92. The molecule has 6 nitrogen and oxygen atoms in total. The Balaban J connectivity index is 2.25. The number of hydrogen-bond acceptors (Lipinski definition) is 4. The maximum Gasteiger partial charge on any atom is 0.251 e. The van der Waals surface area contributed by atoms with Crippen LogP contribution in [0.2, 0.25) is 0 Å². The van der Waals surface area contributed by atoms with Crippen molar-refractivity contribution in [2.75, 3.05) is 18.1 Å². The number of carbonyl (C=O) groups excluding carboxylic acids is 1. The fourth-order valence-corrected chi connectivity index (χ4v) is 3.92. The van der Waals surface area contributed by atoms with E-state index in [4.69, 9.17) is 4.74 Å². The van der Waals surface area contributed by atoms with Crippen molar-refractivity contribution in [3.05, 3.63) is 58.1 Å². The molecule has 1 unspecified atom stereocenters. The average molecular weight is 419 g/mol. The fraction of sp³-hybridized carbons (Fsp3) is 0.409. The summed E-state index contributed by atoms with van der Waals surface area (Å²) in [5.41, 5.74) is 4.80. The van der Waals surface area contributed by atoms with E-state index >= 15 is 0 Å². The third kappa shape index (κ3) is 5.73. The molecule has 1 atom stereocenters. The van der Waals surface area contributed by atoms with Gasteiger partial charge in [0.2, 0.25) is 10.0 Å². The molecule has 0 aliphatic carbocycles. The van der Waals surface area contributed by atoms with Gasteiger partial charge in [0.1, 0.15) is 5.75 Å². The summed E-state index contributed by atoms with van der Waals surface area (Å²) in [5.74, 6) is 0.932. The zero-order valence-electron chi connectivity index (χ0n) is 18.1. The monoisotopic (exact) mass is 418 g/mol. The molecule has 2 N–H and O–H groups in total. The summed E-state index contributed by atoms with van der Waals surface area (Å²) < 4.78 is 30.8. The molecule has 0 saturated heterocycles. The van der Waals surface area contributed by atoms with E-state index in [0.29, 0.717) is 22.7 Å². The average Bonchev–Trinajstić information content (AvgIpc) is 2.61. The Morgan fingerprint density at radius 1 is 1.00 bits per heavy atom. The molecule has 7 heteroatoms. The Morgan fingerprint density at radius 3 is 2.17 bits per heavy atom. The molecule has 29 heavy (non-hydrogen) atoms. The minimum atomic E-state index is -3.37. The Labute approximate surface area is 173 Å². The Kier molecular flexibility index (Phi) is 6.95. The fourth-order valence-electron chi connectivity index (χ4n) is 3.29. The van der Waals surface area contributed by atoms with Crippen molar-refractivity contribution in [1.82, 2.24) is 5.32 Å². The molecule has 0 aromatic heterocycles. The number of methoxy groups -OCH3 is 1. The van der Waals surface area contributed by atoms with Gasteiger partial charge in [-0.15, -0.1) is 0 Å². The highest BCUT2D eigenvalue weighted by Crippen LogP contribution is 2.32. The second-order valence-electron chi connectivity index (χ2n) is 7.70. The van der Waals surface area contributed by atoms with Gasteiger partial charge >= 0.3 is 0 Å². The smallest absolute Gasteiger partial charge is 0.251 e. The van der Waals surface area contributed by atoms with Crippen molar-refractivity contribution >= 4 is 21.6 Å². The maximum absolute atomic E-state index is 12.8. The van der Waals surface area contributed by atoms with Gasteiger partial charge in [-0.3, -0.25) is 9.52 Å². The van der Waals surface area contributed by atoms with E-state index < -0.39 is 10.0 Å². The van der Waals surface area contributed by atoms with Gasteiger partial charge in [0.15, 0.2) is 0 Å². The minimum absolute atomic E-state index is 0.194. The van der Waals surface area contributed by atoms with Gasteiger partial charge in [-0.05, 0) is 79.3 Å². The molecular weight excluding hydrogens is 388 g/mol. The van der Waals surface area contributed by atoms with E-state index in [0.717, 1.165) is 28.7 Å². The van der Waals surface area contributed by atoms with E-state index in [1.165, 1.54) is 0 Å². The highest BCUT2D eigenvalue weighted by Gasteiger charge is 2.18. The second kappa shape index (κ2) is 8.86. The first-order chi connectivity index (χ1) is 13.4. The first kappa shape index (κ1) is 22.7. The van der Waals surface area contributed by atoms with Crippen LogP contribution in [0, 0.1) is 13.8 Å². The molecule has 158 valence electrons. The molecule has 0 aliphatic heterocycles. The first-order valence-electron chi connectivity index (χ1n) is 9.50. The van der Waals surface area contributed by atoms with Crippen LogP contribution in [0.15, 0.2) is 30.3 Å². The van der Waals surface area contributed by atoms with Gasteiger partial charge in [0.25, 0.3) is 5.91 Å². The number of nitrogens with one attached hydrogen (secondary N) is 2. The molecule has 2 aromatic carbocycles.